The summed E-state index contributed by atoms with van der Waals surface area (Å²) in [6.45, 7) is 4.33. The summed E-state index contributed by atoms with van der Waals surface area (Å²) in [5.41, 5.74) is 2.99. The highest BCUT2D eigenvalue weighted by Crippen LogP contribution is 2.18. The van der Waals surface area contributed by atoms with Gasteiger partial charge in [-0.25, -0.2) is 0 Å². The van der Waals surface area contributed by atoms with Crippen molar-refractivity contribution in [3.63, 3.8) is 0 Å². The van der Waals surface area contributed by atoms with Gasteiger partial charge in [0.15, 0.2) is 0 Å². The van der Waals surface area contributed by atoms with E-state index in [1.54, 1.807) is 18.3 Å². The molecule has 1 rings (SSSR count). The van der Waals surface area contributed by atoms with Crippen LogP contribution in [0.15, 0.2) is 17.1 Å². The van der Waals surface area contributed by atoms with E-state index in [1.807, 2.05) is 13.8 Å². The minimum absolute atomic E-state index is 0.0622. The molecule has 0 atom stereocenters. The zero-order valence-corrected chi connectivity index (χ0v) is 8.49. The largest absolute Gasteiger partial charge is 0.508 e. The first-order chi connectivity index (χ1) is 6.65. The van der Waals surface area contributed by atoms with Crippen molar-refractivity contribution in [2.75, 3.05) is 13.2 Å². The number of benzene rings is 1. The van der Waals surface area contributed by atoms with Crippen LogP contribution in [-0.4, -0.2) is 29.6 Å². The molecule has 0 fully saturated rings. The van der Waals surface area contributed by atoms with E-state index < -0.39 is 0 Å². The van der Waals surface area contributed by atoms with Gasteiger partial charge in [-0.1, -0.05) is 0 Å². The summed E-state index contributed by atoms with van der Waals surface area (Å²) in [6, 6.07) is 3.40. The molecular formula is C11H15NO2. The fraction of sp³-hybridized carbons (Fsp3) is 0.364. The third-order valence-electron chi connectivity index (χ3n) is 2.03. The maximum atomic E-state index is 9.31. The minimum atomic E-state index is 0.0622. The van der Waals surface area contributed by atoms with E-state index in [-0.39, 0.29) is 12.4 Å². The van der Waals surface area contributed by atoms with Crippen molar-refractivity contribution in [3.05, 3.63) is 28.8 Å². The Bertz CT molecular complexity index is 322. The monoisotopic (exact) mass is 193 g/mol. The molecule has 0 amide bonds. The number of aliphatic hydroxyl groups is 1. The third kappa shape index (κ3) is 2.57. The number of aliphatic imine (C=N–C) groups is 1. The van der Waals surface area contributed by atoms with Crippen molar-refractivity contribution in [2.24, 2.45) is 4.99 Å². The normalized spacial score (nSPS) is 11.1. The van der Waals surface area contributed by atoms with Crippen molar-refractivity contribution in [1.29, 1.82) is 0 Å². The molecule has 0 heterocycles. The van der Waals surface area contributed by atoms with Gasteiger partial charge in [0.25, 0.3) is 0 Å². The van der Waals surface area contributed by atoms with E-state index >= 15 is 0 Å². The lowest BCUT2D eigenvalue weighted by Gasteiger charge is -2.05. The first-order valence-electron chi connectivity index (χ1n) is 4.56. The Morgan fingerprint density at radius 2 is 1.86 bits per heavy atom. The summed E-state index contributed by atoms with van der Waals surface area (Å²) in [7, 11) is 0. The predicted molar refractivity (Wildman–Crippen MR) is 57.1 cm³/mol. The number of aryl methyl sites for hydroxylation is 2. The molecule has 1 aromatic carbocycles. The average Bonchev–Trinajstić information content (AvgIpc) is 2.09. The van der Waals surface area contributed by atoms with Crippen LogP contribution in [-0.2, 0) is 0 Å². The van der Waals surface area contributed by atoms with Gasteiger partial charge in [-0.05, 0) is 42.7 Å². The fourth-order valence-electron chi connectivity index (χ4n) is 1.37. The molecular weight excluding hydrogens is 178 g/mol. The number of aromatic hydroxyl groups is 1. The molecule has 0 aliphatic carbocycles. The number of rotatable bonds is 3. The highest BCUT2D eigenvalue weighted by molar-refractivity contribution is 5.84. The van der Waals surface area contributed by atoms with Gasteiger partial charge in [-0.3, -0.25) is 4.99 Å². The Morgan fingerprint density at radius 3 is 2.36 bits per heavy atom. The molecule has 0 saturated carbocycles. The highest BCUT2D eigenvalue weighted by atomic mass is 16.3. The van der Waals surface area contributed by atoms with Crippen LogP contribution in [0.3, 0.4) is 0 Å². The lowest BCUT2D eigenvalue weighted by molar-refractivity contribution is 0.307. The maximum absolute atomic E-state index is 9.31. The summed E-state index contributed by atoms with van der Waals surface area (Å²) < 4.78 is 0. The summed E-state index contributed by atoms with van der Waals surface area (Å²) >= 11 is 0. The Morgan fingerprint density at radius 1 is 1.29 bits per heavy atom. The maximum Gasteiger partial charge on any atom is 0.116 e. The van der Waals surface area contributed by atoms with Crippen LogP contribution >= 0.6 is 0 Å². The van der Waals surface area contributed by atoms with Crippen molar-refractivity contribution in [3.8, 4) is 5.75 Å². The van der Waals surface area contributed by atoms with Crippen molar-refractivity contribution < 1.29 is 10.2 Å². The summed E-state index contributed by atoms with van der Waals surface area (Å²) in [5.74, 6) is 0.277. The summed E-state index contributed by atoms with van der Waals surface area (Å²) in [4.78, 5) is 4.05. The van der Waals surface area contributed by atoms with Crippen LogP contribution in [0.5, 0.6) is 5.75 Å². The fourth-order valence-corrected chi connectivity index (χ4v) is 1.37. The average molecular weight is 193 g/mol. The molecule has 0 radical (unpaired) electrons. The Hall–Kier alpha value is -1.35. The Kier molecular flexibility index (Phi) is 3.65. The second-order valence-electron chi connectivity index (χ2n) is 3.25. The second-order valence-corrected chi connectivity index (χ2v) is 3.25. The molecule has 0 bridgehead atoms. The predicted octanol–water partition coefficient (Wildman–Crippen LogP) is 1.42. The lowest BCUT2D eigenvalue weighted by Crippen LogP contribution is -1.94. The molecule has 1 aromatic rings. The summed E-state index contributed by atoms with van der Waals surface area (Å²) in [6.07, 6.45) is 1.74. The molecule has 0 aromatic heterocycles. The Balaban J connectivity index is 2.96. The standard InChI is InChI=1S/C11H15NO2/c1-8-5-10(14)6-9(2)11(8)7-12-3-4-13/h5-7,13-14H,3-4H2,1-2H3. The zero-order valence-electron chi connectivity index (χ0n) is 8.49. The Labute approximate surface area is 83.7 Å². The van der Waals surface area contributed by atoms with Crippen molar-refractivity contribution in [2.45, 2.75) is 13.8 Å². The molecule has 3 heteroatoms. The molecule has 0 spiro atoms. The topological polar surface area (TPSA) is 52.8 Å². The number of hydrogen-bond donors (Lipinski definition) is 2. The van der Waals surface area contributed by atoms with Gasteiger partial charge in [0.1, 0.15) is 5.75 Å². The molecule has 3 nitrogen and oxygen atoms in total. The molecule has 0 saturated heterocycles. The zero-order chi connectivity index (χ0) is 10.6. The number of hydrogen-bond acceptors (Lipinski definition) is 3. The van der Waals surface area contributed by atoms with Gasteiger partial charge in [-0.2, -0.15) is 0 Å². The van der Waals surface area contributed by atoms with Gasteiger partial charge in [-0.15, -0.1) is 0 Å². The molecule has 0 unspecified atom stereocenters. The molecule has 14 heavy (non-hydrogen) atoms. The van der Waals surface area contributed by atoms with Gasteiger partial charge in [0.05, 0.1) is 13.2 Å². The van der Waals surface area contributed by atoms with Crippen LogP contribution < -0.4 is 0 Å². The van der Waals surface area contributed by atoms with Crippen LogP contribution in [0, 0.1) is 13.8 Å². The van der Waals surface area contributed by atoms with Crippen LogP contribution in [0.2, 0.25) is 0 Å². The second kappa shape index (κ2) is 4.77. The first kappa shape index (κ1) is 10.7. The molecule has 76 valence electrons. The molecule has 0 aliphatic heterocycles. The molecule has 2 N–H and O–H groups in total. The van der Waals surface area contributed by atoms with Gasteiger partial charge >= 0.3 is 0 Å². The van der Waals surface area contributed by atoms with Crippen molar-refractivity contribution >= 4 is 6.21 Å². The van der Waals surface area contributed by atoms with Gasteiger partial charge in [0.2, 0.25) is 0 Å². The lowest BCUT2D eigenvalue weighted by atomic mass is 10.0. The van der Waals surface area contributed by atoms with Gasteiger partial charge in [0, 0.05) is 6.21 Å². The van der Waals surface area contributed by atoms with E-state index in [1.165, 1.54) is 0 Å². The molecule has 0 aliphatic rings. The van der Waals surface area contributed by atoms with E-state index in [0.29, 0.717) is 6.54 Å². The van der Waals surface area contributed by atoms with Gasteiger partial charge < -0.3 is 10.2 Å². The van der Waals surface area contributed by atoms with Crippen LogP contribution in [0.1, 0.15) is 16.7 Å². The minimum Gasteiger partial charge on any atom is -0.508 e. The van der Waals surface area contributed by atoms with Crippen LogP contribution in [0.4, 0.5) is 0 Å². The van der Waals surface area contributed by atoms with E-state index in [9.17, 15) is 5.11 Å². The number of aliphatic hydroxyl groups excluding tert-OH is 1. The van der Waals surface area contributed by atoms with E-state index in [4.69, 9.17) is 5.11 Å². The third-order valence-corrected chi connectivity index (χ3v) is 2.03. The quantitative estimate of drug-likeness (QED) is 0.713. The van der Waals surface area contributed by atoms with E-state index in [2.05, 4.69) is 4.99 Å². The smallest absolute Gasteiger partial charge is 0.116 e. The van der Waals surface area contributed by atoms with E-state index in [0.717, 1.165) is 16.7 Å². The van der Waals surface area contributed by atoms with Crippen LogP contribution in [0.25, 0.3) is 0 Å². The highest BCUT2D eigenvalue weighted by Gasteiger charge is 2.01. The number of phenolic OH excluding ortho intramolecular Hbond substituents is 1. The van der Waals surface area contributed by atoms with Crippen molar-refractivity contribution in [1.82, 2.24) is 0 Å². The first-order valence-corrected chi connectivity index (χ1v) is 4.56. The summed E-state index contributed by atoms with van der Waals surface area (Å²) in [5, 5.41) is 17.9. The number of phenols is 1. The SMILES string of the molecule is Cc1cc(O)cc(C)c1C=NCCO. The number of nitrogens with zero attached hydrogens (tertiary/aromatic N) is 1.